The molecule has 0 saturated heterocycles. The van der Waals surface area contributed by atoms with E-state index in [0.717, 1.165) is 18.5 Å². The molecule has 0 amide bonds. The van der Waals surface area contributed by atoms with Crippen LogP contribution in [0.4, 0.5) is 5.69 Å². The van der Waals surface area contributed by atoms with Gasteiger partial charge in [0.25, 0.3) is 0 Å². The summed E-state index contributed by atoms with van der Waals surface area (Å²) in [5.41, 5.74) is 12.7. The summed E-state index contributed by atoms with van der Waals surface area (Å²) < 4.78 is 0. The van der Waals surface area contributed by atoms with Crippen LogP contribution >= 0.6 is 0 Å². The fourth-order valence-electron chi connectivity index (χ4n) is 9.13. The van der Waals surface area contributed by atoms with Crippen LogP contribution in [0.15, 0.2) is 200 Å². The molecule has 0 bridgehead atoms. The molecular formula is C51H39N. The van der Waals surface area contributed by atoms with Gasteiger partial charge in [0.05, 0.1) is 5.41 Å². The minimum Gasteiger partial charge on any atom is -0.379 e. The molecule has 2 unspecified atom stereocenters. The zero-order valence-corrected chi connectivity index (χ0v) is 29.0. The molecule has 3 aliphatic rings. The van der Waals surface area contributed by atoms with Crippen molar-refractivity contribution in [3.8, 4) is 11.1 Å². The molecule has 3 aliphatic carbocycles. The lowest BCUT2D eigenvalue weighted by Gasteiger charge is -2.34. The second-order valence-corrected chi connectivity index (χ2v) is 14.4. The van der Waals surface area contributed by atoms with Crippen LogP contribution in [0.25, 0.3) is 38.2 Å². The Hall–Kier alpha value is -6.18. The highest BCUT2D eigenvalue weighted by atomic mass is 14.9. The smallest absolute Gasteiger partial charge is 0.0714 e. The molecule has 1 heteroatoms. The molecule has 52 heavy (non-hydrogen) atoms. The molecule has 0 spiro atoms. The molecule has 0 saturated carbocycles. The molecule has 0 aliphatic heterocycles. The Balaban J connectivity index is 0.912. The average molecular weight is 666 g/mol. The zero-order chi connectivity index (χ0) is 34.5. The van der Waals surface area contributed by atoms with E-state index < -0.39 is 0 Å². The minimum atomic E-state index is -0.388. The van der Waals surface area contributed by atoms with Gasteiger partial charge in [0.15, 0.2) is 0 Å². The predicted molar refractivity (Wildman–Crippen MR) is 220 cm³/mol. The molecule has 1 N–H and O–H groups in total. The minimum absolute atomic E-state index is 0.232. The van der Waals surface area contributed by atoms with Gasteiger partial charge in [0.2, 0.25) is 0 Å². The van der Waals surface area contributed by atoms with Gasteiger partial charge >= 0.3 is 0 Å². The summed E-state index contributed by atoms with van der Waals surface area (Å²) in [7, 11) is 0. The molecule has 1 nitrogen and oxygen atoms in total. The van der Waals surface area contributed by atoms with Crippen molar-refractivity contribution in [2.24, 2.45) is 5.92 Å². The Morgan fingerprint density at radius 2 is 1.15 bits per heavy atom. The van der Waals surface area contributed by atoms with Crippen molar-refractivity contribution in [2.75, 3.05) is 5.32 Å². The van der Waals surface area contributed by atoms with Gasteiger partial charge in [0.1, 0.15) is 0 Å². The molecule has 7 aromatic rings. The van der Waals surface area contributed by atoms with Crippen LogP contribution in [0.2, 0.25) is 0 Å². The summed E-state index contributed by atoms with van der Waals surface area (Å²) >= 11 is 0. The largest absolute Gasteiger partial charge is 0.379 e. The van der Waals surface area contributed by atoms with Crippen molar-refractivity contribution in [1.29, 1.82) is 0 Å². The van der Waals surface area contributed by atoms with E-state index in [9.17, 15) is 0 Å². The number of allylic oxidation sites excluding steroid dienone is 6. The summed E-state index contributed by atoms with van der Waals surface area (Å²) in [6.45, 7) is 0. The van der Waals surface area contributed by atoms with Crippen molar-refractivity contribution in [1.82, 2.24) is 0 Å². The molecule has 0 fully saturated rings. The van der Waals surface area contributed by atoms with Gasteiger partial charge in [0, 0.05) is 17.6 Å². The van der Waals surface area contributed by atoms with Crippen LogP contribution in [-0.2, 0) is 5.41 Å². The quantitative estimate of drug-likeness (QED) is 0.174. The topological polar surface area (TPSA) is 12.0 Å². The summed E-state index contributed by atoms with van der Waals surface area (Å²) in [4.78, 5) is 0. The number of fused-ring (bicyclic) bond motifs is 6. The normalized spacial score (nSPS) is 18.5. The lowest BCUT2D eigenvalue weighted by atomic mass is 9.67. The number of anilines is 1. The van der Waals surface area contributed by atoms with Gasteiger partial charge in [-0.25, -0.2) is 0 Å². The third-order valence-corrected chi connectivity index (χ3v) is 11.5. The maximum atomic E-state index is 3.90. The van der Waals surface area contributed by atoms with Crippen LogP contribution in [0.3, 0.4) is 0 Å². The number of hydrogen-bond acceptors (Lipinski definition) is 1. The summed E-state index contributed by atoms with van der Waals surface area (Å²) in [5, 5.41) is 9.15. The highest BCUT2D eigenvalue weighted by Gasteiger charge is 2.46. The van der Waals surface area contributed by atoms with E-state index >= 15 is 0 Å². The second kappa shape index (κ2) is 12.5. The monoisotopic (exact) mass is 665 g/mol. The highest BCUT2D eigenvalue weighted by molar-refractivity contribution is 6.12. The Morgan fingerprint density at radius 1 is 0.481 bits per heavy atom. The van der Waals surface area contributed by atoms with Gasteiger partial charge in [-0.1, -0.05) is 176 Å². The van der Waals surface area contributed by atoms with Crippen molar-refractivity contribution in [3.63, 3.8) is 0 Å². The molecule has 7 aromatic carbocycles. The number of benzene rings is 7. The number of hydrogen-bond donors (Lipinski definition) is 1. The first-order chi connectivity index (χ1) is 25.8. The lowest BCUT2D eigenvalue weighted by molar-refractivity contribution is 0.757. The summed E-state index contributed by atoms with van der Waals surface area (Å²) in [5.74, 6) is 0.392. The van der Waals surface area contributed by atoms with E-state index in [1.807, 2.05) is 0 Å². The molecule has 10 rings (SSSR count). The SMILES string of the molecule is C1=CC(C2=CCC(Nc3ccc4c(c3)C(c3ccccc3)(c3ccccc3)c3ccccc3-4)C=C2)CC=C1c1cc2ccccc2c2ccccc12. The summed E-state index contributed by atoms with van der Waals surface area (Å²) in [6.07, 6.45) is 16.3. The Bertz CT molecular complexity index is 2560. The second-order valence-electron chi connectivity index (χ2n) is 14.4. The zero-order valence-electron chi connectivity index (χ0n) is 29.0. The van der Waals surface area contributed by atoms with Crippen molar-refractivity contribution in [3.05, 3.63) is 228 Å². The van der Waals surface area contributed by atoms with E-state index in [-0.39, 0.29) is 11.5 Å². The van der Waals surface area contributed by atoms with Gasteiger partial charge in [-0.05, 0) is 103 Å². The van der Waals surface area contributed by atoms with Crippen molar-refractivity contribution in [2.45, 2.75) is 24.3 Å². The lowest BCUT2D eigenvalue weighted by Crippen LogP contribution is -2.28. The molecule has 2 atom stereocenters. The third kappa shape index (κ3) is 4.92. The van der Waals surface area contributed by atoms with Crippen LogP contribution in [-0.4, -0.2) is 6.04 Å². The van der Waals surface area contributed by atoms with E-state index in [2.05, 4.69) is 199 Å². The maximum Gasteiger partial charge on any atom is 0.0714 e. The molecule has 0 aromatic heterocycles. The highest BCUT2D eigenvalue weighted by Crippen LogP contribution is 2.56. The Morgan fingerprint density at radius 3 is 1.88 bits per heavy atom. The van der Waals surface area contributed by atoms with E-state index in [1.54, 1.807) is 0 Å². The first-order valence-corrected chi connectivity index (χ1v) is 18.6. The first kappa shape index (κ1) is 30.6. The fourth-order valence-corrected chi connectivity index (χ4v) is 9.13. The fraction of sp³-hybridized carbons (Fsp3) is 0.0980. The molecule has 248 valence electrons. The maximum absolute atomic E-state index is 3.90. The van der Waals surface area contributed by atoms with Crippen LogP contribution < -0.4 is 5.32 Å². The third-order valence-electron chi connectivity index (χ3n) is 11.5. The Kier molecular flexibility index (Phi) is 7.39. The van der Waals surface area contributed by atoms with Gasteiger partial charge in [-0.15, -0.1) is 0 Å². The van der Waals surface area contributed by atoms with Gasteiger partial charge < -0.3 is 5.32 Å². The van der Waals surface area contributed by atoms with E-state index in [1.165, 1.54) is 71.6 Å². The van der Waals surface area contributed by atoms with E-state index in [0.29, 0.717) is 5.92 Å². The van der Waals surface area contributed by atoms with Crippen molar-refractivity contribution < 1.29 is 0 Å². The van der Waals surface area contributed by atoms with Crippen LogP contribution in [0.1, 0.15) is 40.7 Å². The van der Waals surface area contributed by atoms with Crippen molar-refractivity contribution >= 4 is 32.8 Å². The van der Waals surface area contributed by atoms with Crippen LogP contribution in [0.5, 0.6) is 0 Å². The first-order valence-electron chi connectivity index (χ1n) is 18.6. The average Bonchev–Trinajstić information content (AvgIpc) is 3.52. The predicted octanol–water partition coefficient (Wildman–Crippen LogP) is 12.7. The standard InChI is InChI=1S/C51H39N/c1-3-14-39(15-4-1)51(40-16-5-2-6-17-40)49-22-12-11-21-46(49)47-32-31-42(34-50(47)51)52-41-29-27-36(28-30-41)35-23-25-37(26-24-35)48-33-38-13-7-8-18-43(38)44-19-9-10-20-45(44)48/h1-23,25-29,31-35,41,52H,24,30H2. The van der Waals surface area contributed by atoms with Gasteiger partial charge in [-0.3, -0.25) is 0 Å². The number of nitrogens with one attached hydrogen (secondary N) is 1. The summed E-state index contributed by atoms with van der Waals surface area (Å²) in [6, 6.07) is 58.2. The van der Waals surface area contributed by atoms with Gasteiger partial charge in [-0.2, -0.15) is 0 Å². The molecule has 0 radical (unpaired) electrons. The van der Waals surface area contributed by atoms with E-state index in [4.69, 9.17) is 0 Å². The van der Waals surface area contributed by atoms with Crippen LogP contribution in [0, 0.1) is 5.92 Å². The molecule has 0 heterocycles. The Labute approximate surface area is 306 Å². The number of rotatable bonds is 6. The molecular weight excluding hydrogens is 627 g/mol.